The van der Waals surface area contributed by atoms with Crippen molar-refractivity contribution in [2.24, 2.45) is 5.14 Å². The lowest BCUT2D eigenvalue weighted by molar-refractivity contribution is 0.491. The molecule has 2 aromatic rings. The Labute approximate surface area is 224 Å². The van der Waals surface area contributed by atoms with E-state index in [1.165, 1.54) is 42.5 Å². The lowest BCUT2D eigenvalue weighted by Crippen LogP contribution is -2.40. The molecule has 212 valence electrons. The van der Waals surface area contributed by atoms with Gasteiger partial charge in [-0.2, -0.15) is 0 Å². The van der Waals surface area contributed by atoms with Gasteiger partial charge in [-0.15, -0.1) is 0 Å². The first-order chi connectivity index (χ1) is 17.3. The van der Waals surface area contributed by atoms with Crippen LogP contribution in [0.2, 0.25) is 0 Å². The van der Waals surface area contributed by atoms with Gasteiger partial charge >= 0.3 is 0 Å². The average Bonchev–Trinajstić information content (AvgIpc) is 3.70. The van der Waals surface area contributed by atoms with Gasteiger partial charge in [0.05, 0.1) is 19.6 Å². The van der Waals surface area contributed by atoms with E-state index in [1.54, 1.807) is 20.8 Å². The van der Waals surface area contributed by atoms with E-state index in [2.05, 4.69) is 14.2 Å². The van der Waals surface area contributed by atoms with Gasteiger partial charge in [0.2, 0.25) is 40.1 Å². The smallest absolute Gasteiger partial charge is 0.225 e. The van der Waals surface area contributed by atoms with E-state index in [9.17, 15) is 33.7 Å². The minimum atomic E-state index is -3.89. The number of hydrogen-bond donors (Lipinski definition) is 4. The Balaban J connectivity index is 0.000000215. The molecule has 0 amide bonds. The maximum absolute atomic E-state index is 12.2. The van der Waals surface area contributed by atoms with Gasteiger partial charge in [0.1, 0.15) is 0 Å². The molecule has 2 aliphatic rings. The van der Waals surface area contributed by atoms with Crippen LogP contribution < -0.4 is 19.3 Å². The summed E-state index contributed by atoms with van der Waals surface area (Å²) >= 11 is 0. The molecule has 0 bridgehead atoms. The van der Waals surface area contributed by atoms with Crippen LogP contribution in [-0.4, -0.2) is 51.3 Å². The number of sulfonamides is 4. The zero-order valence-corrected chi connectivity index (χ0v) is 24.3. The highest BCUT2D eigenvalue weighted by atomic mass is 32.2. The van der Waals surface area contributed by atoms with E-state index < -0.39 is 45.6 Å². The molecule has 0 unspecified atom stereocenters. The Morgan fingerprint density at radius 2 is 0.974 bits per heavy atom. The monoisotopic (exact) mass is 608 g/mol. The van der Waals surface area contributed by atoms with Crippen molar-refractivity contribution in [1.82, 2.24) is 14.2 Å². The van der Waals surface area contributed by atoms with Crippen LogP contribution in [0.3, 0.4) is 0 Å². The Kier molecular flexibility index (Phi) is 8.80. The molecule has 0 radical (unpaired) electrons. The van der Waals surface area contributed by atoms with E-state index in [-0.39, 0.29) is 31.7 Å². The van der Waals surface area contributed by atoms with Crippen LogP contribution in [0.1, 0.15) is 46.5 Å². The van der Waals surface area contributed by atoms with Crippen LogP contribution in [0.5, 0.6) is 0 Å². The highest BCUT2D eigenvalue weighted by molar-refractivity contribution is 7.90. The standard InChI is InChI=1S/C13H20N2O4S2.C9H12N2O4S2/c1-13(2,3)15-21(18,19)12-6-4-5-11(9-12)20(16,17)14-10-7-8-10;10-16(12,13)8-2-1-3-9(6-8)17(14,15)11-7-4-5-7/h4-6,9-10,14-15H,7-8H2,1-3H3;1-3,6-7,11H,4-5H2,(H2,10,12,13). The van der Waals surface area contributed by atoms with Crippen molar-refractivity contribution in [2.45, 2.75) is 83.7 Å². The van der Waals surface area contributed by atoms with Crippen LogP contribution in [0, 0.1) is 0 Å². The molecule has 0 spiro atoms. The van der Waals surface area contributed by atoms with Crippen LogP contribution >= 0.6 is 0 Å². The quantitative estimate of drug-likeness (QED) is 0.323. The summed E-state index contributed by atoms with van der Waals surface area (Å²) in [6, 6.07) is 10.3. The largest absolute Gasteiger partial charge is 0.241 e. The summed E-state index contributed by atoms with van der Waals surface area (Å²) in [5.41, 5.74) is -0.639. The van der Waals surface area contributed by atoms with Gasteiger partial charge < -0.3 is 0 Å². The second-order valence-corrected chi connectivity index (χ2v) is 16.8. The molecule has 0 heterocycles. The van der Waals surface area contributed by atoms with Crippen molar-refractivity contribution >= 4 is 40.1 Å². The van der Waals surface area contributed by atoms with E-state index in [0.717, 1.165) is 31.7 Å². The minimum absolute atomic E-state index is 0.0250. The number of nitrogens with one attached hydrogen (secondary N) is 3. The first-order valence-electron chi connectivity index (χ1n) is 11.6. The van der Waals surface area contributed by atoms with Gasteiger partial charge in [0.25, 0.3) is 0 Å². The van der Waals surface area contributed by atoms with Crippen LogP contribution in [0.4, 0.5) is 0 Å². The molecule has 5 N–H and O–H groups in total. The Morgan fingerprint density at radius 1 is 0.632 bits per heavy atom. The summed E-state index contributed by atoms with van der Waals surface area (Å²) in [5, 5.41) is 4.94. The lowest BCUT2D eigenvalue weighted by atomic mass is 10.1. The zero-order valence-electron chi connectivity index (χ0n) is 21.1. The Morgan fingerprint density at radius 3 is 1.32 bits per heavy atom. The topological polar surface area (TPSA) is 199 Å². The molecule has 2 aliphatic carbocycles. The third kappa shape index (κ3) is 9.08. The molecule has 4 rings (SSSR count). The molecule has 0 aromatic heterocycles. The predicted octanol–water partition coefficient (Wildman–Crippen LogP) is 0.979. The van der Waals surface area contributed by atoms with Gasteiger partial charge in [0.15, 0.2) is 0 Å². The third-order valence-corrected chi connectivity index (χ3v) is 10.8. The van der Waals surface area contributed by atoms with Crippen molar-refractivity contribution in [2.75, 3.05) is 0 Å². The minimum Gasteiger partial charge on any atom is -0.225 e. The first-order valence-corrected chi connectivity index (χ1v) is 17.6. The zero-order chi connectivity index (χ0) is 28.6. The van der Waals surface area contributed by atoms with E-state index in [0.29, 0.717) is 0 Å². The number of rotatable bonds is 9. The molecule has 0 aliphatic heterocycles. The molecule has 12 nitrogen and oxygen atoms in total. The summed E-state index contributed by atoms with van der Waals surface area (Å²) in [7, 11) is -15.0. The Hall–Kier alpha value is -1.92. The molecular weight excluding hydrogens is 577 g/mol. The van der Waals surface area contributed by atoms with E-state index in [1.807, 2.05) is 0 Å². The number of primary sulfonamides is 1. The molecule has 0 atom stereocenters. The molecule has 2 aromatic carbocycles. The SMILES string of the molecule is CC(C)(C)NS(=O)(=O)c1cccc(S(=O)(=O)NC2CC2)c1.NS(=O)(=O)c1cccc(S(=O)(=O)NC2CC2)c1. The van der Waals surface area contributed by atoms with Gasteiger partial charge in [-0.3, -0.25) is 0 Å². The van der Waals surface area contributed by atoms with Crippen molar-refractivity contribution in [3.63, 3.8) is 0 Å². The van der Waals surface area contributed by atoms with Crippen molar-refractivity contribution in [1.29, 1.82) is 0 Å². The fourth-order valence-corrected chi connectivity index (χ4v) is 7.94. The van der Waals surface area contributed by atoms with Crippen molar-refractivity contribution < 1.29 is 33.7 Å². The number of hydrogen-bond acceptors (Lipinski definition) is 8. The predicted molar refractivity (Wildman–Crippen MR) is 141 cm³/mol. The van der Waals surface area contributed by atoms with Gasteiger partial charge in [-0.25, -0.2) is 53.0 Å². The van der Waals surface area contributed by atoms with Gasteiger partial charge in [-0.05, 0) is 82.9 Å². The van der Waals surface area contributed by atoms with Crippen molar-refractivity contribution in [3.05, 3.63) is 48.5 Å². The van der Waals surface area contributed by atoms with E-state index >= 15 is 0 Å². The van der Waals surface area contributed by atoms with E-state index in [4.69, 9.17) is 5.14 Å². The van der Waals surface area contributed by atoms with Gasteiger partial charge in [-0.1, -0.05) is 12.1 Å². The molecular formula is C22H32N4O8S4. The molecule has 2 saturated carbocycles. The molecule has 2 fully saturated rings. The lowest BCUT2D eigenvalue weighted by Gasteiger charge is -2.20. The fraction of sp³-hybridized carbons (Fsp3) is 0.455. The van der Waals surface area contributed by atoms with Crippen molar-refractivity contribution in [3.8, 4) is 0 Å². The second kappa shape index (κ2) is 10.9. The first kappa shape index (κ1) is 30.6. The van der Waals surface area contributed by atoms with Gasteiger partial charge in [0, 0.05) is 17.6 Å². The maximum Gasteiger partial charge on any atom is 0.241 e. The third-order valence-electron chi connectivity index (χ3n) is 5.11. The summed E-state index contributed by atoms with van der Waals surface area (Å²) in [5.74, 6) is 0. The highest BCUT2D eigenvalue weighted by Crippen LogP contribution is 2.24. The van der Waals surface area contributed by atoms with Crippen LogP contribution in [0.15, 0.2) is 68.1 Å². The maximum atomic E-state index is 12.2. The fourth-order valence-electron chi connectivity index (χ4n) is 3.07. The molecule has 0 saturated heterocycles. The summed E-state index contributed by atoms with van der Waals surface area (Å²) in [6.45, 7) is 5.17. The Bertz CT molecular complexity index is 1610. The molecule has 38 heavy (non-hydrogen) atoms. The average molecular weight is 609 g/mol. The normalized spacial score (nSPS) is 16.9. The number of nitrogens with two attached hydrogens (primary N) is 1. The second-order valence-electron chi connectivity index (χ2n) is 10.1. The summed E-state index contributed by atoms with van der Waals surface area (Å²) in [4.78, 5) is -0.394. The molecule has 16 heteroatoms. The summed E-state index contributed by atoms with van der Waals surface area (Å²) < 4.78 is 102. The van der Waals surface area contributed by atoms with Crippen LogP contribution in [0.25, 0.3) is 0 Å². The number of benzene rings is 2. The van der Waals surface area contributed by atoms with Crippen LogP contribution in [-0.2, 0) is 40.1 Å². The summed E-state index contributed by atoms with van der Waals surface area (Å²) in [6.07, 6.45) is 3.27. The highest BCUT2D eigenvalue weighted by Gasteiger charge is 2.30.